The number of halogens is 3. The lowest BCUT2D eigenvalue weighted by molar-refractivity contribution is 0.351. The van der Waals surface area contributed by atoms with Crippen LogP contribution in [-0.4, -0.2) is 45.4 Å². The molecule has 0 saturated carbocycles. The molecule has 0 atom stereocenters. The number of benzene rings is 2. The van der Waals surface area contributed by atoms with E-state index in [2.05, 4.69) is 46.4 Å². The second-order valence-electron chi connectivity index (χ2n) is 7.34. The average molecular weight is 480 g/mol. The fourth-order valence-corrected chi connectivity index (χ4v) is 3.91. The summed E-state index contributed by atoms with van der Waals surface area (Å²) in [7, 11) is 2.90. The molecule has 1 aromatic heterocycles. The summed E-state index contributed by atoms with van der Waals surface area (Å²) in [6, 6.07) is 12.0. The fourth-order valence-electron chi connectivity index (χ4n) is 3.91. The summed E-state index contributed by atoms with van der Waals surface area (Å²) in [5.74, 6) is -0.210. The highest BCUT2D eigenvalue weighted by Crippen LogP contribution is 2.37. The number of anilines is 1. The molecule has 1 fully saturated rings. The number of piperazine rings is 1. The van der Waals surface area contributed by atoms with Crippen LogP contribution in [0.15, 0.2) is 48.8 Å². The van der Waals surface area contributed by atoms with Crippen LogP contribution in [0, 0.1) is 12.7 Å². The summed E-state index contributed by atoms with van der Waals surface area (Å²) in [5, 5.41) is 3.38. The second kappa shape index (κ2) is 11.4. The molecular weight excluding hydrogens is 452 g/mol. The molecule has 3 aromatic rings. The molecule has 0 amide bonds. The van der Waals surface area contributed by atoms with E-state index in [4.69, 9.17) is 9.47 Å². The van der Waals surface area contributed by atoms with Gasteiger partial charge < -0.3 is 19.7 Å². The lowest BCUT2D eigenvalue weighted by Gasteiger charge is -2.29. The van der Waals surface area contributed by atoms with Gasteiger partial charge in [0.15, 0.2) is 11.5 Å². The first kappa shape index (κ1) is 25.7. The summed E-state index contributed by atoms with van der Waals surface area (Å²) in [6.45, 7) is 6.11. The van der Waals surface area contributed by atoms with Crippen molar-refractivity contribution in [2.75, 3.05) is 45.3 Å². The van der Waals surface area contributed by atoms with Crippen LogP contribution < -0.4 is 19.7 Å². The monoisotopic (exact) mass is 479 g/mol. The molecule has 172 valence electrons. The average Bonchev–Trinajstić information content (AvgIpc) is 2.80. The van der Waals surface area contributed by atoms with Crippen molar-refractivity contribution >= 4 is 30.5 Å². The molecule has 4 rings (SSSR count). The second-order valence-corrected chi connectivity index (χ2v) is 7.34. The van der Waals surface area contributed by atoms with E-state index in [-0.39, 0.29) is 36.3 Å². The topological polar surface area (TPSA) is 46.6 Å². The van der Waals surface area contributed by atoms with Gasteiger partial charge in [0, 0.05) is 55.4 Å². The number of nitrogens with zero attached hydrogens (tertiary/aromatic N) is 2. The minimum absolute atomic E-state index is 0. The molecule has 8 heteroatoms. The lowest BCUT2D eigenvalue weighted by Crippen LogP contribution is -2.43. The van der Waals surface area contributed by atoms with Crippen LogP contribution in [-0.2, 0) is 0 Å². The predicted molar refractivity (Wildman–Crippen MR) is 132 cm³/mol. The maximum atomic E-state index is 14.3. The lowest BCUT2D eigenvalue weighted by atomic mass is 9.95. The summed E-state index contributed by atoms with van der Waals surface area (Å²) < 4.78 is 24.7. The summed E-state index contributed by atoms with van der Waals surface area (Å²) in [5.41, 5.74) is 6.15. The predicted octanol–water partition coefficient (Wildman–Crippen LogP) is 5.13. The Bertz CT molecular complexity index is 1020. The molecule has 1 N–H and O–H groups in total. The van der Waals surface area contributed by atoms with Gasteiger partial charge in [0.1, 0.15) is 0 Å². The third kappa shape index (κ3) is 5.09. The van der Waals surface area contributed by atoms with Gasteiger partial charge in [-0.2, -0.15) is 4.39 Å². The molecule has 0 radical (unpaired) electrons. The van der Waals surface area contributed by atoms with E-state index in [9.17, 15) is 4.39 Å². The summed E-state index contributed by atoms with van der Waals surface area (Å²) in [6.07, 6.45) is 3.66. The fraction of sp³-hybridized carbons (Fsp3) is 0.292. The van der Waals surface area contributed by atoms with Crippen molar-refractivity contribution in [1.29, 1.82) is 0 Å². The van der Waals surface area contributed by atoms with E-state index in [1.54, 1.807) is 18.3 Å². The molecule has 1 aliphatic rings. The van der Waals surface area contributed by atoms with E-state index < -0.39 is 5.82 Å². The normalized spacial score (nSPS) is 13.1. The number of rotatable bonds is 5. The molecular formula is C24H28Cl2FN3O2. The number of methoxy groups -OCH3 is 2. The van der Waals surface area contributed by atoms with E-state index in [1.807, 2.05) is 6.20 Å². The molecule has 5 nitrogen and oxygen atoms in total. The van der Waals surface area contributed by atoms with Crippen LogP contribution in [0.5, 0.6) is 11.5 Å². The van der Waals surface area contributed by atoms with Gasteiger partial charge in [-0.15, -0.1) is 24.8 Å². The minimum atomic E-state index is -0.506. The number of hydrogen-bond donors (Lipinski definition) is 1. The Hall–Kier alpha value is -2.54. The van der Waals surface area contributed by atoms with Crippen molar-refractivity contribution in [2.24, 2.45) is 0 Å². The zero-order chi connectivity index (χ0) is 21.1. The van der Waals surface area contributed by atoms with E-state index in [0.29, 0.717) is 0 Å². The number of aromatic nitrogens is 1. The Kier molecular flexibility index (Phi) is 9.13. The number of hydrogen-bond acceptors (Lipinski definition) is 5. The maximum absolute atomic E-state index is 14.3. The highest BCUT2D eigenvalue weighted by Gasteiger charge is 2.16. The SMILES string of the molecule is COc1cc(-c2cncc(-c3ccc(N4CCNCC4)cc3)c2C)cc(OC)c1F.Cl.Cl. The van der Waals surface area contributed by atoms with Crippen molar-refractivity contribution in [3.63, 3.8) is 0 Å². The first-order valence-electron chi connectivity index (χ1n) is 10.0. The van der Waals surface area contributed by atoms with Gasteiger partial charge in [0.2, 0.25) is 5.82 Å². The molecule has 0 spiro atoms. The van der Waals surface area contributed by atoms with Gasteiger partial charge in [0.05, 0.1) is 14.2 Å². The van der Waals surface area contributed by atoms with Crippen molar-refractivity contribution < 1.29 is 13.9 Å². The number of ether oxygens (including phenoxy) is 2. The third-order valence-electron chi connectivity index (χ3n) is 5.63. The van der Waals surface area contributed by atoms with Crippen molar-refractivity contribution in [1.82, 2.24) is 10.3 Å². The minimum Gasteiger partial charge on any atom is -0.494 e. The van der Waals surface area contributed by atoms with Crippen LogP contribution in [0.3, 0.4) is 0 Å². The van der Waals surface area contributed by atoms with E-state index >= 15 is 0 Å². The first-order valence-corrected chi connectivity index (χ1v) is 10.0. The van der Waals surface area contributed by atoms with Crippen LogP contribution in [0.4, 0.5) is 10.1 Å². The molecule has 1 aliphatic heterocycles. The zero-order valence-corrected chi connectivity index (χ0v) is 20.0. The van der Waals surface area contributed by atoms with E-state index in [1.165, 1.54) is 19.9 Å². The molecule has 0 unspecified atom stereocenters. The first-order chi connectivity index (χ1) is 14.6. The van der Waals surface area contributed by atoms with Crippen molar-refractivity contribution in [3.8, 4) is 33.8 Å². The highest BCUT2D eigenvalue weighted by molar-refractivity contribution is 5.85. The largest absolute Gasteiger partial charge is 0.494 e. The summed E-state index contributed by atoms with van der Waals surface area (Å²) in [4.78, 5) is 6.84. The Morgan fingerprint density at radius 3 is 1.94 bits per heavy atom. The van der Waals surface area contributed by atoms with Gasteiger partial charge in [-0.1, -0.05) is 12.1 Å². The van der Waals surface area contributed by atoms with Gasteiger partial charge in [0.25, 0.3) is 0 Å². The van der Waals surface area contributed by atoms with Gasteiger partial charge in [-0.3, -0.25) is 4.98 Å². The van der Waals surface area contributed by atoms with Crippen molar-refractivity contribution in [2.45, 2.75) is 6.92 Å². The zero-order valence-electron chi connectivity index (χ0n) is 18.4. The van der Waals surface area contributed by atoms with E-state index in [0.717, 1.165) is 54.0 Å². The van der Waals surface area contributed by atoms with Gasteiger partial charge in [-0.25, -0.2) is 0 Å². The van der Waals surface area contributed by atoms with Crippen LogP contribution in [0.25, 0.3) is 22.3 Å². The number of pyridine rings is 1. The van der Waals surface area contributed by atoms with Crippen LogP contribution in [0.2, 0.25) is 0 Å². The molecule has 0 aliphatic carbocycles. The molecule has 0 bridgehead atoms. The Morgan fingerprint density at radius 2 is 1.41 bits per heavy atom. The van der Waals surface area contributed by atoms with Crippen LogP contribution in [0.1, 0.15) is 5.56 Å². The molecule has 1 saturated heterocycles. The Labute approximate surface area is 200 Å². The van der Waals surface area contributed by atoms with Crippen LogP contribution >= 0.6 is 24.8 Å². The highest BCUT2D eigenvalue weighted by atomic mass is 35.5. The standard InChI is InChI=1S/C24H26FN3O2.2ClH/c1-16-20(17-4-6-19(7-5-17)28-10-8-26-9-11-28)14-27-15-21(16)18-12-22(29-2)24(25)23(13-18)30-3;;/h4-7,12-15,26H,8-11H2,1-3H3;2*1H. The molecule has 2 aromatic carbocycles. The smallest absolute Gasteiger partial charge is 0.206 e. The van der Waals surface area contributed by atoms with Gasteiger partial charge in [-0.05, 0) is 47.9 Å². The Balaban J connectivity index is 0.00000181. The van der Waals surface area contributed by atoms with Crippen molar-refractivity contribution in [3.05, 3.63) is 60.2 Å². The maximum Gasteiger partial charge on any atom is 0.206 e. The molecule has 2 heterocycles. The quantitative estimate of drug-likeness (QED) is 0.549. The third-order valence-corrected chi connectivity index (χ3v) is 5.63. The number of nitrogens with one attached hydrogen (secondary N) is 1. The summed E-state index contributed by atoms with van der Waals surface area (Å²) >= 11 is 0. The Morgan fingerprint density at radius 1 is 0.875 bits per heavy atom. The van der Waals surface area contributed by atoms with Gasteiger partial charge >= 0.3 is 0 Å². The molecule has 32 heavy (non-hydrogen) atoms.